The Labute approximate surface area is 362 Å². The molecule has 0 bridgehead atoms. The molecule has 3 fully saturated rings. The zero-order valence-corrected chi connectivity index (χ0v) is 35.6. The average Bonchev–Trinajstić information content (AvgIpc) is 3.71. The number of hydrogen-bond donors (Lipinski definition) is 4. The molecule has 0 spiro atoms. The van der Waals surface area contributed by atoms with Crippen molar-refractivity contribution in [2.45, 2.75) is 45.1 Å². The van der Waals surface area contributed by atoms with Crippen molar-refractivity contribution < 1.29 is 36.4 Å². The minimum absolute atomic E-state index is 0.0878. The molecule has 3 saturated heterocycles. The molecule has 3 aromatic heterocycles. The predicted octanol–water partition coefficient (Wildman–Crippen LogP) is 4.31. The van der Waals surface area contributed by atoms with E-state index in [1.807, 2.05) is 14.7 Å². The maximum atomic E-state index is 15.6. The third kappa shape index (κ3) is 9.31. The minimum atomic E-state index is -4.03. The van der Waals surface area contributed by atoms with Gasteiger partial charge in [-0.15, -0.1) is 0 Å². The Morgan fingerprint density at radius 1 is 0.889 bits per heavy atom. The Balaban J connectivity index is 0.830. The van der Waals surface area contributed by atoms with E-state index in [4.69, 9.17) is 0 Å². The number of nitrogens with one attached hydrogen (secondary N) is 4. The normalized spacial score (nSPS) is 17.6. The van der Waals surface area contributed by atoms with Crippen LogP contribution >= 0.6 is 0 Å². The van der Waals surface area contributed by atoms with Crippen LogP contribution in [0.1, 0.15) is 54.9 Å². The first-order chi connectivity index (χ1) is 30.3. The van der Waals surface area contributed by atoms with Crippen LogP contribution in [0.2, 0.25) is 0 Å². The summed E-state index contributed by atoms with van der Waals surface area (Å²) < 4.78 is 59.1. The molecule has 3 amide bonds. The van der Waals surface area contributed by atoms with Crippen molar-refractivity contribution in [2.75, 3.05) is 72.7 Å². The molecule has 0 aliphatic carbocycles. The predicted molar refractivity (Wildman–Crippen MR) is 232 cm³/mol. The Morgan fingerprint density at radius 2 is 1.62 bits per heavy atom. The number of imide groups is 1. The molecule has 330 valence electrons. The number of halogens is 2. The van der Waals surface area contributed by atoms with Crippen LogP contribution in [0.25, 0.3) is 22.2 Å². The number of aromatic nitrogens is 4. The zero-order valence-electron chi connectivity index (χ0n) is 34.7. The molecule has 63 heavy (non-hydrogen) atoms. The van der Waals surface area contributed by atoms with Crippen LogP contribution < -0.4 is 25.2 Å². The van der Waals surface area contributed by atoms with Crippen molar-refractivity contribution in [1.82, 2.24) is 34.5 Å². The molecule has 0 saturated carbocycles. The summed E-state index contributed by atoms with van der Waals surface area (Å²) in [5.74, 6) is -2.00. The van der Waals surface area contributed by atoms with Gasteiger partial charge in [-0.3, -0.25) is 29.2 Å². The van der Waals surface area contributed by atoms with Gasteiger partial charge in [0.1, 0.15) is 17.5 Å². The number of carbonyl (C=O) groups excluding carboxylic acids is 4. The van der Waals surface area contributed by atoms with Gasteiger partial charge in [-0.25, -0.2) is 23.7 Å². The number of piperazine rings is 1. The van der Waals surface area contributed by atoms with E-state index in [2.05, 4.69) is 35.3 Å². The van der Waals surface area contributed by atoms with Crippen LogP contribution in [0, 0.1) is 17.6 Å². The first-order valence-electron chi connectivity index (χ1n) is 20.8. The van der Waals surface area contributed by atoms with E-state index in [-0.39, 0.29) is 47.5 Å². The highest BCUT2D eigenvalue weighted by atomic mass is 32.2. The molecule has 5 aromatic rings. The molecule has 1 unspecified atom stereocenters. The number of anilines is 4. The van der Waals surface area contributed by atoms with E-state index in [0.29, 0.717) is 91.6 Å². The van der Waals surface area contributed by atoms with Crippen molar-refractivity contribution in [3.8, 4) is 11.1 Å². The van der Waals surface area contributed by atoms with Crippen LogP contribution in [0.4, 0.5) is 31.8 Å². The SMILES string of the molecule is CCN(C)S(=O)(=O)Nc1cccc(C(=O)c2c[nH]c3ncc(-c4cnc(N5CCN(C(=O)CC6CCN(c7ccc(NC8CCC(=O)NC8=O)cc7F)CC6)CC5)nc4)cc23)c1F. The van der Waals surface area contributed by atoms with Crippen molar-refractivity contribution in [2.24, 2.45) is 5.92 Å². The summed E-state index contributed by atoms with van der Waals surface area (Å²) in [5.41, 5.74) is 2.10. The van der Waals surface area contributed by atoms with Crippen LogP contribution in [0.5, 0.6) is 0 Å². The highest BCUT2D eigenvalue weighted by Gasteiger charge is 2.30. The van der Waals surface area contributed by atoms with Crippen LogP contribution in [-0.4, -0.2) is 120 Å². The van der Waals surface area contributed by atoms with E-state index in [1.54, 1.807) is 43.7 Å². The second kappa shape index (κ2) is 18.1. The topological polar surface area (TPSA) is 206 Å². The molecule has 3 aliphatic rings. The largest absolute Gasteiger partial charge is 0.374 e. The van der Waals surface area contributed by atoms with E-state index in [1.165, 1.54) is 37.5 Å². The Kier molecular flexibility index (Phi) is 12.4. The number of ketones is 1. The molecule has 20 heteroatoms. The summed E-state index contributed by atoms with van der Waals surface area (Å²) in [4.78, 5) is 73.0. The highest BCUT2D eigenvalue weighted by molar-refractivity contribution is 7.90. The van der Waals surface area contributed by atoms with Gasteiger partial charge in [-0.05, 0) is 61.6 Å². The number of carbonyl (C=O) groups is 4. The fourth-order valence-corrected chi connectivity index (χ4v) is 9.03. The zero-order chi connectivity index (χ0) is 44.4. The third-order valence-electron chi connectivity index (χ3n) is 11.9. The number of benzene rings is 2. The second-order valence-electron chi connectivity index (χ2n) is 15.9. The smallest absolute Gasteiger partial charge is 0.301 e. The lowest BCUT2D eigenvalue weighted by Gasteiger charge is -2.37. The maximum Gasteiger partial charge on any atom is 0.301 e. The molecule has 1 atom stereocenters. The minimum Gasteiger partial charge on any atom is -0.374 e. The monoisotopic (exact) mass is 883 g/mol. The summed E-state index contributed by atoms with van der Waals surface area (Å²) in [6.07, 6.45) is 8.87. The van der Waals surface area contributed by atoms with Gasteiger partial charge in [0.2, 0.25) is 23.7 Å². The Morgan fingerprint density at radius 3 is 2.32 bits per heavy atom. The summed E-state index contributed by atoms with van der Waals surface area (Å²) in [5, 5.41) is 5.75. The summed E-state index contributed by atoms with van der Waals surface area (Å²) in [7, 11) is -2.67. The van der Waals surface area contributed by atoms with Gasteiger partial charge >= 0.3 is 10.2 Å². The lowest BCUT2D eigenvalue weighted by atomic mass is 9.92. The summed E-state index contributed by atoms with van der Waals surface area (Å²) in [6.45, 7) is 5.17. The van der Waals surface area contributed by atoms with Gasteiger partial charge in [0, 0.05) is 118 Å². The highest BCUT2D eigenvalue weighted by Crippen LogP contribution is 2.31. The molecular weight excluding hydrogens is 837 g/mol. The number of pyridine rings is 1. The number of aromatic amines is 1. The quantitative estimate of drug-likeness (QED) is 0.0965. The fourth-order valence-electron chi connectivity index (χ4n) is 8.10. The molecular formula is C43H47F2N11O6S. The van der Waals surface area contributed by atoms with Crippen LogP contribution in [-0.2, 0) is 24.6 Å². The third-order valence-corrected chi connectivity index (χ3v) is 13.5. The Hall–Kier alpha value is -6.54. The number of piperidine rings is 2. The van der Waals surface area contributed by atoms with E-state index in [9.17, 15) is 27.6 Å². The van der Waals surface area contributed by atoms with Crippen molar-refractivity contribution >= 4 is 67.8 Å². The number of nitrogens with zero attached hydrogens (tertiary/aromatic N) is 7. The number of hydrogen-bond acceptors (Lipinski definition) is 12. The van der Waals surface area contributed by atoms with Crippen molar-refractivity contribution in [3.05, 3.63) is 90.0 Å². The maximum absolute atomic E-state index is 15.6. The summed E-state index contributed by atoms with van der Waals surface area (Å²) in [6, 6.07) is 9.89. The van der Waals surface area contributed by atoms with E-state index >= 15 is 8.78 Å². The van der Waals surface area contributed by atoms with Gasteiger partial charge in [-0.1, -0.05) is 13.0 Å². The lowest BCUT2D eigenvalue weighted by Crippen LogP contribution is -2.49. The van der Waals surface area contributed by atoms with Crippen LogP contribution in [0.3, 0.4) is 0 Å². The molecule has 3 aliphatic heterocycles. The standard InChI is InChI=1S/C43H47F2N11O6S/c1-3-53(2)63(61,62)52-34-6-4-5-30(39(34)45)40(59)32-25-47-41-31(32)20-27(22-46-41)28-23-48-43(49-24-28)56-17-15-55(16-18-56)38(58)19-26-11-13-54(14-12-26)36-9-7-29(21-33(36)44)50-35-8-10-37(57)51-42(35)60/h4-7,9,20-26,35,50,52H,3,8,10-19H2,1-2H3,(H,46,47)(H,51,57,60). The van der Waals surface area contributed by atoms with Gasteiger partial charge in [0.05, 0.1) is 16.9 Å². The van der Waals surface area contributed by atoms with Crippen molar-refractivity contribution in [1.29, 1.82) is 0 Å². The molecule has 2 aromatic carbocycles. The number of H-pyrrole nitrogens is 1. The summed E-state index contributed by atoms with van der Waals surface area (Å²) >= 11 is 0. The first-order valence-corrected chi connectivity index (χ1v) is 22.3. The second-order valence-corrected chi connectivity index (χ2v) is 17.7. The molecule has 17 nitrogen and oxygen atoms in total. The molecule has 4 N–H and O–H groups in total. The van der Waals surface area contributed by atoms with Gasteiger partial charge in [-0.2, -0.15) is 12.7 Å². The number of fused-ring (bicyclic) bond motifs is 1. The van der Waals surface area contributed by atoms with Gasteiger partial charge < -0.3 is 25.0 Å². The number of amides is 3. The Bertz CT molecular complexity index is 2670. The first kappa shape index (κ1) is 43.1. The lowest BCUT2D eigenvalue weighted by molar-refractivity contribution is -0.134. The molecule has 8 rings (SSSR count). The van der Waals surface area contributed by atoms with Crippen molar-refractivity contribution in [3.63, 3.8) is 0 Å². The van der Waals surface area contributed by atoms with Crippen LogP contribution in [0.15, 0.2) is 67.3 Å². The van der Waals surface area contributed by atoms with Gasteiger partial charge in [0.15, 0.2) is 11.6 Å². The molecule has 6 heterocycles. The average molecular weight is 884 g/mol. The fraction of sp³-hybridized carbons (Fsp3) is 0.372. The molecule has 0 radical (unpaired) electrons. The van der Waals surface area contributed by atoms with E-state index < -0.39 is 39.6 Å². The van der Waals surface area contributed by atoms with Gasteiger partial charge in [0.25, 0.3) is 0 Å². The van der Waals surface area contributed by atoms with E-state index in [0.717, 1.165) is 17.1 Å². The number of rotatable bonds is 13.